The average molecular weight is 184 g/mol. The minimum absolute atomic E-state index is 0.811. The van der Waals surface area contributed by atoms with Gasteiger partial charge in [0.05, 0.1) is 11.2 Å². The van der Waals surface area contributed by atoms with E-state index in [4.69, 9.17) is 0 Å². The summed E-state index contributed by atoms with van der Waals surface area (Å²) < 4.78 is 1.79. The summed E-state index contributed by atoms with van der Waals surface area (Å²) in [6, 6.07) is 7.99. The van der Waals surface area contributed by atoms with Gasteiger partial charge >= 0.3 is 0 Å². The van der Waals surface area contributed by atoms with E-state index in [0.717, 1.165) is 22.2 Å². The summed E-state index contributed by atoms with van der Waals surface area (Å²) in [7, 11) is 0. The minimum atomic E-state index is 0.811. The molecule has 4 nitrogen and oxygen atoms in total. The first kappa shape index (κ1) is 7.44. The van der Waals surface area contributed by atoms with Gasteiger partial charge < -0.3 is 0 Å². The Morgan fingerprint density at radius 1 is 1.21 bits per heavy atom. The molecule has 0 fully saturated rings. The molecule has 0 aromatic carbocycles. The van der Waals surface area contributed by atoms with Crippen molar-refractivity contribution in [1.29, 1.82) is 0 Å². The molecular weight excluding hydrogens is 176 g/mol. The van der Waals surface area contributed by atoms with Crippen LogP contribution < -0.4 is 0 Å². The van der Waals surface area contributed by atoms with Crippen LogP contribution in [0.3, 0.4) is 0 Å². The molecule has 3 aromatic rings. The fraction of sp³-hybridized carbons (Fsp3) is 0.100. The molecule has 0 saturated heterocycles. The molecule has 0 N–H and O–H groups in total. The molecule has 0 atom stereocenters. The number of aryl methyl sites for hydroxylation is 1. The molecule has 68 valence electrons. The van der Waals surface area contributed by atoms with Crippen molar-refractivity contribution in [2.75, 3.05) is 0 Å². The van der Waals surface area contributed by atoms with Gasteiger partial charge in [-0.05, 0) is 31.2 Å². The lowest BCUT2D eigenvalue weighted by Gasteiger charge is -1.93. The minimum Gasteiger partial charge on any atom is -0.213 e. The molecule has 0 spiro atoms. The fourth-order valence-electron chi connectivity index (χ4n) is 1.60. The Morgan fingerprint density at radius 3 is 3.07 bits per heavy atom. The zero-order valence-corrected chi connectivity index (χ0v) is 7.68. The second kappa shape index (κ2) is 2.51. The van der Waals surface area contributed by atoms with Crippen LogP contribution >= 0.6 is 0 Å². The number of hydrogen-bond acceptors (Lipinski definition) is 3. The van der Waals surface area contributed by atoms with Crippen molar-refractivity contribution in [3.63, 3.8) is 0 Å². The van der Waals surface area contributed by atoms with Gasteiger partial charge in [0, 0.05) is 11.6 Å². The Morgan fingerprint density at radius 2 is 2.14 bits per heavy atom. The Hall–Kier alpha value is -1.97. The van der Waals surface area contributed by atoms with Crippen LogP contribution in [0, 0.1) is 6.92 Å². The highest BCUT2D eigenvalue weighted by atomic mass is 15.3. The normalized spacial score (nSPS) is 11.2. The maximum absolute atomic E-state index is 4.21. The van der Waals surface area contributed by atoms with Crippen molar-refractivity contribution in [2.45, 2.75) is 6.92 Å². The van der Waals surface area contributed by atoms with Crippen molar-refractivity contribution in [1.82, 2.24) is 19.8 Å². The van der Waals surface area contributed by atoms with Gasteiger partial charge in [-0.15, -0.1) is 5.10 Å². The molecule has 0 aliphatic heterocycles. The van der Waals surface area contributed by atoms with E-state index in [1.807, 2.05) is 25.1 Å². The van der Waals surface area contributed by atoms with Gasteiger partial charge in [0.1, 0.15) is 0 Å². The topological polar surface area (TPSA) is 43.1 Å². The average Bonchev–Trinajstić information content (AvgIpc) is 2.54. The smallest absolute Gasteiger partial charge is 0.183 e. The van der Waals surface area contributed by atoms with Crippen LogP contribution in [0.5, 0.6) is 0 Å². The summed E-state index contributed by atoms with van der Waals surface area (Å²) in [5, 5.41) is 13.4. The number of aromatic nitrogens is 4. The van der Waals surface area contributed by atoms with Crippen LogP contribution in [0.4, 0.5) is 0 Å². The van der Waals surface area contributed by atoms with E-state index in [1.54, 1.807) is 10.7 Å². The molecule has 3 aromatic heterocycles. The van der Waals surface area contributed by atoms with Gasteiger partial charge in [-0.3, -0.25) is 0 Å². The lowest BCUT2D eigenvalue weighted by Crippen LogP contribution is -1.93. The summed E-state index contributed by atoms with van der Waals surface area (Å²) in [5.74, 6) is 0. The second-order valence-electron chi connectivity index (χ2n) is 3.27. The monoisotopic (exact) mass is 184 g/mol. The third-order valence-electron chi connectivity index (χ3n) is 2.21. The van der Waals surface area contributed by atoms with Crippen molar-refractivity contribution in [3.8, 4) is 0 Å². The van der Waals surface area contributed by atoms with Gasteiger partial charge in [0.2, 0.25) is 0 Å². The molecular formula is C10H8N4. The first-order valence-corrected chi connectivity index (χ1v) is 4.41. The van der Waals surface area contributed by atoms with Crippen molar-refractivity contribution in [2.24, 2.45) is 0 Å². The Kier molecular flexibility index (Phi) is 1.33. The fourth-order valence-corrected chi connectivity index (χ4v) is 1.60. The van der Waals surface area contributed by atoms with Gasteiger partial charge in [0.25, 0.3) is 0 Å². The highest BCUT2D eigenvalue weighted by Gasteiger charge is 2.04. The molecule has 3 rings (SSSR count). The SMILES string of the molecule is Cc1cc2cc3cccnn3c2nn1. The number of hydrogen-bond donors (Lipinski definition) is 0. The summed E-state index contributed by atoms with van der Waals surface area (Å²) in [6.07, 6.45) is 1.74. The van der Waals surface area contributed by atoms with Crippen molar-refractivity contribution < 1.29 is 0 Å². The lowest BCUT2D eigenvalue weighted by atomic mass is 10.3. The van der Waals surface area contributed by atoms with E-state index >= 15 is 0 Å². The summed E-state index contributed by atoms with van der Waals surface area (Å²) in [5.41, 5.74) is 2.78. The van der Waals surface area contributed by atoms with E-state index in [9.17, 15) is 0 Å². The molecule has 3 heterocycles. The molecule has 0 aliphatic carbocycles. The largest absolute Gasteiger partial charge is 0.213 e. The van der Waals surface area contributed by atoms with Crippen LogP contribution in [0.2, 0.25) is 0 Å². The predicted octanol–water partition coefficient (Wildman–Crippen LogP) is 1.59. The predicted molar refractivity (Wildman–Crippen MR) is 53.0 cm³/mol. The summed E-state index contributed by atoms with van der Waals surface area (Å²) in [6.45, 7) is 1.93. The van der Waals surface area contributed by atoms with Crippen molar-refractivity contribution in [3.05, 3.63) is 36.2 Å². The number of fused-ring (bicyclic) bond motifs is 3. The lowest BCUT2D eigenvalue weighted by molar-refractivity contribution is 0.918. The third kappa shape index (κ3) is 0.907. The van der Waals surface area contributed by atoms with E-state index in [-0.39, 0.29) is 0 Å². The highest BCUT2D eigenvalue weighted by Crippen LogP contribution is 2.16. The Labute approximate surface area is 80.2 Å². The zero-order valence-electron chi connectivity index (χ0n) is 7.68. The Balaban J connectivity index is 2.57. The van der Waals surface area contributed by atoms with Crippen LogP contribution in [-0.4, -0.2) is 19.8 Å². The van der Waals surface area contributed by atoms with Gasteiger partial charge in [-0.1, -0.05) is 0 Å². The highest BCUT2D eigenvalue weighted by molar-refractivity contribution is 5.83. The summed E-state index contributed by atoms with van der Waals surface area (Å²) in [4.78, 5) is 0. The maximum Gasteiger partial charge on any atom is 0.183 e. The molecule has 0 radical (unpaired) electrons. The molecule has 14 heavy (non-hydrogen) atoms. The molecule has 0 saturated carbocycles. The Bertz CT molecular complexity index is 612. The van der Waals surface area contributed by atoms with E-state index in [0.29, 0.717) is 0 Å². The molecule has 0 bridgehead atoms. The quantitative estimate of drug-likeness (QED) is 0.532. The molecule has 0 amide bonds. The van der Waals surface area contributed by atoms with Crippen molar-refractivity contribution >= 4 is 16.6 Å². The van der Waals surface area contributed by atoms with Gasteiger partial charge in [0.15, 0.2) is 5.65 Å². The van der Waals surface area contributed by atoms with E-state index < -0.39 is 0 Å². The van der Waals surface area contributed by atoms with E-state index in [2.05, 4.69) is 21.4 Å². The second-order valence-corrected chi connectivity index (χ2v) is 3.27. The first-order valence-electron chi connectivity index (χ1n) is 4.41. The van der Waals surface area contributed by atoms with Crippen LogP contribution in [0.25, 0.3) is 16.6 Å². The standard InChI is InChI=1S/C10H8N4/c1-7-5-8-6-9-3-2-4-11-14(9)10(8)13-12-7/h2-6H,1H3. The number of rotatable bonds is 0. The first-order chi connectivity index (χ1) is 6.84. The van der Waals surface area contributed by atoms with Gasteiger partial charge in [-0.2, -0.15) is 10.2 Å². The summed E-state index contributed by atoms with van der Waals surface area (Å²) >= 11 is 0. The maximum atomic E-state index is 4.21. The van der Waals surface area contributed by atoms with Crippen LogP contribution in [0.15, 0.2) is 30.5 Å². The van der Waals surface area contributed by atoms with E-state index in [1.165, 1.54) is 0 Å². The van der Waals surface area contributed by atoms with Gasteiger partial charge in [-0.25, -0.2) is 4.52 Å². The van der Waals surface area contributed by atoms with Crippen LogP contribution in [0.1, 0.15) is 5.69 Å². The molecule has 0 aliphatic rings. The molecule has 0 unspecified atom stereocenters. The third-order valence-corrected chi connectivity index (χ3v) is 2.21. The van der Waals surface area contributed by atoms with Crippen LogP contribution in [-0.2, 0) is 0 Å². The number of nitrogens with zero attached hydrogens (tertiary/aromatic N) is 4. The zero-order chi connectivity index (χ0) is 9.54. The molecule has 4 heteroatoms.